The Balaban J connectivity index is 2.40. The van der Waals surface area contributed by atoms with Crippen molar-refractivity contribution in [2.24, 2.45) is 5.92 Å². The second-order valence-corrected chi connectivity index (χ2v) is 4.69. The molecule has 1 aromatic rings. The van der Waals surface area contributed by atoms with Crippen LogP contribution in [0.25, 0.3) is 0 Å². The van der Waals surface area contributed by atoms with Gasteiger partial charge in [-0.25, -0.2) is 0 Å². The maximum absolute atomic E-state index is 11.7. The normalized spacial score (nSPS) is 19.2. The van der Waals surface area contributed by atoms with E-state index >= 15 is 0 Å². The zero-order chi connectivity index (χ0) is 11.0. The number of benzene rings is 1. The zero-order valence-corrected chi connectivity index (χ0v) is 9.50. The van der Waals surface area contributed by atoms with E-state index < -0.39 is 0 Å². The van der Waals surface area contributed by atoms with Crippen LogP contribution in [0, 0.1) is 12.8 Å². The number of aryl methyl sites for hydroxylation is 1. The van der Waals surface area contributed by atoms with Gasteiger partial charge in [0.25, 0.3) is 5.91 Å². The molecule has 1 aliphatic rings. The molecule has 1 N–H and O–H groups in total. The minimum atomic E-state index is 0.0827. The number of carbonyl (C=O) groups is 1. The molecule has 2 rings (SSSR count). The molecule has 2 heteroatoms. The first kappa shape index (κ1) is 10.2. The summed E-state index contributed by atoms with van der Waals surface area (Å²) in [5.74, 6) is 0.681. The van der Waals surface area contributed by atoms with Gasteiger partial charge in [0.05, 0.1) is 6.04 Å². The highest BCUT2D eigenvalue weighted by Crippen LogP contribution is 2.32. The minimum Gasteiger partial charge on any atom is -0.345 e. The summed E-state index contributed by atoms with van der Waals surface area (Å²) >= 11 is 0. The molecule has 0 bridgehead atoms. The molecule has 1 atom stereocenters. The highest BCUT2D eigenvalue weighted by molar-refractivity contribution is 5.99. The van der Waals surface area contributed by atoms with E-state index in [2.05, 4.69) is 32.2 Å². The van der Waals surface area contributed by atoms with Crippen molar-refractivity contribution in [3.63, 3.8) is 0 Å². The van der Waals surface area contributed by atoms with Gasteiger partial charge in [-0.1, -0.05) is 26.0 Å². The van der Waals surface area contributed by atoms with Crippen molar-refractivity contribution < 1.29 is 4.79 Å². The van der Waals surface area contributed by atoms with Crippen LogP contribution in [0.4, 0.5) is 0 Å². The van der Waals surface area contributed by atoms with Crippen molar-refractivity contribution in [3.8, 4) is 0 Å². The average Bonchev–Trinajstić information content (AvgIpc) is 2.44. The van der Waals surface area contributed by atoms with E-state index in [1.807, 2.05) is 12.1 Å². The van der Waals surface area contributed by atoms with Gasteiger partial charge in [0, 0.05) is 5.56 Å². The van der Waals surface area contributed by atoms with Crippen LogP contribution in [0.5, 0.6) is 0 Å². The second-order valence-electron chi connectivity index (χ2n) is 4.69. The standard InChI is InChI=1S/C13H17NO/c1-8(2)7-11-12-9(3)5-4-6-10(12)13(15)14-11/h4-6,8,11H,7H2,1-3H3,(H,14,15). The minimum absolute atomic E-state index is 0.0827. The summed E-state index contributed by atoms with van der Waals surface area (Å²) in [6.45, 7) is 6.44. The van der Waals surface area contributed by atoms with Crippen LogP contribution < -0.4 is 5.32 Å². The summed E-state index contributed by atoms with van der Waals surface area (Å²) in [4.78, 5) is 11.7. The van der Waals surface area contributed by atoms with Gasteiger partial charge in [-0.3, -0.25) is 4.79 Å². The molecule has 0 spiro atoms. The lowest BCUT2D eigenvalue weighted by molar-refractivity contribution is 0.0953. The van der Waals surface area contributed by atoms with Crippen molar-refractivity contribution in [3.05, 3.63) is 34.9 Å². The van der Waals surface area contributed by atoms with E-state index in [0.29, 0.717) is 5.92 Å². The lowest BCUT2D eigenvalue weighted by Crippen LogP contribution is -2.20. The van der Waals surface area contributed by atoms with Gasteiger partial charge in [0.1, 0.15) is 0 Å². The Labute approximate surface area is 90.7 Å². The molecule has 1 unspecified atom stereocenters. The molecule has 15 heavy (non-hydrogen) atoms. The van der Waals surface area contributed by atoms with Crippen LogP contribution in [0.2, 0.25) is 0 Å². The molecule has 1 aliphatic heterocycles. The molecule has 0 fully saturated rings. The number of hydrogen-bond donors (Lipinski definition) is 1. The smallest absolute Gasteiger partial charge is 0.252 e. The quantitative estimate of drug-likeness (QED) is 0.786. The molecule has 0 radical (unpaired) electrons. The third kappa shape index (κ3) is 1.76. The van der Waals surface area contributed by atoms with Gasteiger partial charge >= 0.3 is 0 Å². The Kier molecular flexibility index (Phi) is 2.51. The van der Waals surface area contributed by atoms with Crippen LogP contribution >= 0.6 is 0 Å². The highest BCUT2D eigenvalue weighted by Gasteiger charge is 2.29. The van der Waals surface area contributed by atoms with Gasteiger partial charge in [-0.2, -0.15) is 0 Å². The molecular weight excluding hydrogens is 186 g/mol. The first-order valence-corrected chi connectivity index (χ1v) is 5.50. The Bertz CT molecular complexity index is 396. The van der Waals surface area contributed by atoms with Crippen LogP contribution in [0.3, 0.4) is 0 Å². The number of carbonyl (C=O) groups excluding carboxylic acids is 1. The summed E-state index contributed by atoms with van der Waals surface area (Å²) in [6.07, 6.45) is 1.02. The summed E-state index contributed by atoms with van der Waals surface area (Å²) in [6, 6.07) is 6.16. The molecule has 0 saturated heterocycles. The van der Waals surface area contributed by atoms with Crippen molar-refractivity contribution in [2.45, 2.75) is 33.2 Å². The fourth-order valence-corrected chi connectivity index (χ4v) is 2.30. The van der Waals surface area contributed by atoms with Crippen molar-refractivity contribution in [1.82, 2.24) is 5.32 Å². The van der Waals surface area contributed by atoms with E-state index in [1.54, 1.807) is 0 Å². The summed E-state index contributed by atoms with van der Waals surface area (Å²) in [7, 11) is 0. The van der Waals surface area contributed by atoms with E-state index in [1.165, 1.54) is 11.1 Å². The van der Waals surface area contributed by atoms with Gasteiger partial charge in [0.2, 0.25) is 0 Å². The summed E-state index contributed by atoms with van der Waals surface area (Å²) in [5.41, 5.74) is 3.29. The Morgan fingerprint density at radius 2 is 2.13 bits per heavy atom. The van der Waals surface area contributed by atoms with Gasteiger partial charge in [-0.15, -0.1) is 0 Å². The van der Waals surface area contributed by atoms with Gasteiger partial charge < -0.3 is 5.32 Å². The molecule has 0 aromatic heterocycles. The predicted molar refractivity (Wildman–Crippen MR) is 60.8 cm³/mol. The topological polar surface area (TPSA) is 29.1 Å². The van der Waals surface area contributed by atoms with Gasteiger partial charge in [-0.05, 0) is 36.5 Å². The summed E-state index contributed by atoms with van der Waals surface area (Å²) < 4.78 is 0. The SMILES string of the molecule is Cc1cccc2c1C(CC(C)C)NC2=O. The maximum atomic E-state index is 11.7. The number of nitrogens with one attached hydrogen (secondary N) is 1. The number of rotatable bonds is 2. The predicted octanol–water partition coefficient (Wildman–Crippen LogP) is 2.83. The Hall–Kier alpha value is -1.31. The second kappa shape index (κ2) is 3.69. The van der Waals surface area contributed by atoms with Crippen molar-refractivity contribution >= 4 is 5.91 Å². The average molecular weight is 203 g/mol. The monoisotopic (exact) mass is 203 g/mol. The number of fused-ring (bicyclic) bond motifs is 1. The first-order valence-electron chi connectivity index (χ1n) is 5.50. The molecule has 1 amide bonds. The van der Waals surface area contributed by atoms with Crippen molar-refractivity contribution in [2.75, 3.05) is 0 Å². The third-order valence-electron chi connectivity index (χ3n) is 2.93. The number of hydrogen-bond acceptors (Lipinski definition) is 1. The highest BCUT2D eigenvalue weighted by atomic mass is 16.2. The fraction of sp³-hybridized carbons (Fsp3) is 0.462. The molecule has 1 heterocycles. The van der Waals surface area contributed by atoms with Crippen LogP contribution in [0.15, 0.2) is 18.2 Å². The molecule has 2 nitrogen and oxygen atoms in total. The maximum Gasteiger partial charge on any atom is 0.252 e. The molecule has 1 aromatic carbocycles. The van der Waals surface area contributed by atoms with E-state index in [-0.39, 0.29) is 11.9 Å². The first-order chi connectivity index (χ1) is 7.09. The molecule has 0 aliphatic carbocycles. The third-order valence-corrected chi connectivity index (χ3v) is 2.93. The Morgan fingerprint density at radius 1 is 1.40 bits per heavy atom. The van der Waals surface area contributed by atoms with Crippen LogP contribution in [-0.2, 0) is 0 Å². The van der Waals surface area contributed by atoms with Gasteiger partial charge in [0.15, 0.2) is 0 Å². The largest absolute Gasteiger partial charge is 0.345 e. The zero-order valence-electron chi connectivity index (χ0n) is 9.50. The van der Waals surface area contributed by atoms with Crippen LogP contribution in [0.1, 0.15) is 47.8 Å². The fourth-order valence-electron chi connectivity index (χ4n) is 2.30. The number of amides is 1. The molecular formula is C13H17NO. The Morgan fingerprint density at radius 3 is 2.80 bits per heavy atom. The lowest BCUT2D eigenvalue weighted by atomic mass is 9.93. The summed E-state index contributed by atoms with van der Waals surface area (Å²) in [5, 5.41) is 3.05. The van der Waals surface area contributed by atoms with Crippen molar-refractivity contribution in [1.29, 1.82) is 0 Å². The van der Waals surface area contributed by atoms with E-state index in [0.717, 1.165) is 12.0 Å². The van der Waals surface area contributed by atoms with E-state index in [4.69, 9.17) is 0 Å². The molecule has 0 saturated carbocycles. The van der Waals surface area contributed by atoms with E-state index in [9.17, 15) is 4.79 Å². The van der Waals surface area contributed by atoms with Crippen LogP contribution in [-0.4, -0.2) is 5.91 Å². The lowest BCUT2D eigenvalue weighted by Gasteiger charge is -2.15. The molecule has 80 valence electrons.